The van der Waals surface area contributed by atoms with Crippen LogP contribution >= 0.6 is 0 Å². The summed E-state index contributed by atoms with van der Waals surface area (Å²) >= 11 is 0. The lowest BCUT2D eigenvalue weighted by atomic mass is 9.76. The summed E-state index contributed by atoms with van der Waals surface area (Å²) in [7, 11) is 0. The Labute approximate surface area is 212 Å². The van der Waals surface area contributed by atoms with Gasteiger partial charge in [0, 0.05) is 58.3 Å². The molecule has 2 saturated carbocycles. The molecule has 1 N–H and O–H groups in total. The van der Waals surface area contributed by atoms with Crippen molar-refractivity contribution in [2.45, 2.75) is 69.7 Å². The third-order valence-electron chi connectivity index (χ3n) is 8.62. The summed E-state index contributed by atoms with van der Waals surface area (Å²) < 4.78 is 64.7. The number of rotatable bonds is 5. The second-order valence-corrected chi connectivity index (χ2v) is 10.9. The minimum Gasteiger partial charge on any atom is -0.378 e. The molecule has 9 heteroatoms. The Kier molecular flexibility index (Phi) is 5.79. The Morgan fingerprint density at radius 1 is 1.08 bits per heavy atom. The average molecular weight is 504 g/mol. The topological polar surface area (TPSA) is 63.2 Å². The Bertz CT molecular complexity index is 1140. The monoisotopic (exact) mass is 503 g/mol. The zero-order chi connectivity index (χ0) is 26.5. The van der Waals surface area contributed by atoms with Crippen LogP contribution in [0.25, 0.3) is 11.3 Å². The smallest absolute Gasteiger partial charge is 0.378 e. The number of ether oxygens (including phenoxy) is 1. The van der Waals surface area contributed by atoms with Gasteiger partial charge in [-0.05, 0) is 62.1 Å². The quantitative estimate of drug-likeness (QED) is 0.588. The summed E-state index contributed by atoms with van der Waals surface area (Å²) in [4.78, 5) is 5.93. The van der Waals surface area contributed by atoms with Gasteiger partial charge in [-0.3, -0.25) is 4.98 Å². The highest BCUT2D eigenvalue weighted by Gasteiger charge is 2.48. The van der Waals surface area contributed by atoms with Crippen molar-refractivity contribution < 1.29 is 20.6 Å². The maximum absolute atomic E-state index is 13.4. The number of fused-ring (bicyclic) bond motifs is 2. The molecule has 6 rings (SSSR count). The van der Waals surface area contributed by atoms with Crippen LogP contribution in [0.4, 0.5) is 19.0 Å². The predicted octanol–water partition coefficient (Wildman–Crippen LogP) is 5.42. The van der Waals surface area contributed by atoms with Crippen molar-refractivity contribution in [2.75, 3.05) is 31.5 Å². The van der Waals surface area contributed by atoms with Crippen LogP contribution in [-0.4, -0.2) is 58.4 Å². The molecule has 2 aliphatic heterocycles. The highest BCUT2D eigenvalue weighted by molar-refractivity contribution is 5.63. The minimum atomic E-state index is -4.50. The van der Waals surface area contributed by atoms with Gasteiger partial charge in [0.1, 0.15) is 5.82 Å². The van der Waals surface area contributed by atoms with E-state index in [9.17, 15) is 15.9 Å². The molecule has 0 bridgehead atoms. The van der Waals surface area contributed by atoms with Gasteiger partial charge in [-0.1, -0.05) is 19.3 Å². The van der Waals surface area contributed by atoms with Crippen LogP contribution < -0.4 is 5.32 Å². The molecule has 0 amide bonds. The first-order valence-corrected chi connectivity index (χ1v) is 13.2. The summed E-state index contributed by atoms with van der Waals surface area (Å²) in [6, 6.07) is 4.34. The molecular weight excluding hydrogens is 467 g/mol. The average Bonchev–Trinajstić information content (AvgIpc) is 3.55. The lowest BCUT2D eigenvalue weighted by Crippen LogP contribution is -2.42. The van der Waals surface area contributed by atoms with E-state index in [1.54, 1.807) is 12.1 Å². The third kappa shape index (κ3) is 4.72. The number of pyridine rings is 1. The van der Waals surface area contributed by atoms with Crippen LogP contribution in [0.15, 0.2) is 30.6 Å². The third-order valence-corrected chi connectivity index (χ3v) is 8.62. The normalized spacial score (nSPS) is 34.0. The fourth-order valence-electron chi connectivity index (χ4n) is 6.91. The maximum Gasteiger partial charge on any atom is 0.417 e. The summed E-state index contributed by atoms with van der Waals surface area (Å²) in [5.41, 5.74) is -1.15. The van der Waals surface area contributed by atoms with Crippen molar-refractivity contribution in [1.82, 2.24) is 20.1 Å². The van der Waals surface area contributed by atoms with E-state index in [1.807, 2.05) is 0 Å². The zero-order valence-corrected chi connectivity index (χ0v) is 20.3. The molecule has 4 fully saturated rings. The van der Waals surface area contributed by atoms with Crippen LogP contribution in [0.5, 0.6) is 0 Å². The molecule has 4 atom stereocenters. The first-order chi connectivity index (χ1) is 18.2. The van der Waals surface area contributed by atoms with Crippen molar-refractivity contribution in [3.8, 4) is 11.3 Å². The Hall–Kier alpha value is -2.26. The van der Waals surface area contributed by atoms with Crippen LogP contribution in [-0.2, 0) is 10.9 Å². The fourth-order valence-corrected chi connectivity index (χ4v) is 6.91. The molecule has 2 aromatic rings. The fraction of sp³-hybridized carbons (Fsp3) is 0.667. The molecule has 0 radical (unpaired) electrons. The van der Waals surface area contributed by atoms with Gasteiger partial charge < -0.3 is 15.0 Å². The Morgan fingerprint density at radius 3 is 2.67 bits per heavy atom. The van der Waals surface area contributed by atoms with E-state index >= 15 is 0 Å². The van der Waals surface area contributed by atoms with Gasteiger partial charge in [0.25, 0.3) is 0 Å². The van der Waals surface area contributed by atoms with Gasteiger partial charge >= 0.3 is 6.18 Å². The molecule has 2 saturated heterocycles. The van der Waals surface area contributed by atoms with Crippen LogP contribution in [0, 0.1) is 17.3 Å². The second kappa shape index (κ2) is 9.56. The van der Waals surface area contributed by atoms with Gasteiger partial charge in [-0.25, -0.2) is 0 Å². The molecule has 2 aromatic heterocycles. The first kappa shape index (κ1) is 21.8. The predicted molar refractivity (Wildman–Crippen MR) is 130 cm³/mol. The summed E-state index contributed by atoms with van der Waals surface area (Å²) in [6.07, 6.45) is 5.66. The van der Waals surface area contributed by atoms with E-state index in [0.29, 0.717) is 24.3 Å². The summed E-state index contributed by atoms with van der Waals surface area (Å²) in [6.45, 7) is 0.774. The number of alkyl halides is 3. The van der Waals surface area contributed by atoms with E-state index in [2.05, 4.69) is 25.4 Å². The molecule has 2 aliphatic carbocycles. The van der Waals surface area contributed by atoms with Gasteiger partial charge in [0.05, 0.1) is 17.4 Å². The molecule has 194 valence electrons. The number of hydrogen-bond donors (Lipinski definition) is 1. The van der Waals surface area contributed by atoms with Crippen molar-refractivity contribution in [3.05, 3.63) is 36.2 Å². The number of aromatic nitrogens is 3. The zero-order valence-electron chi connectivity index (χ0n) is 22.3. The van der Waals surface area contributed by atoms with E-state index < -0.39 is 23.7 Å². The highest BCUT2D eigenvalue weighted by Crippen LogP contribution is 2.47. The van der Waals surface area contributed by atoms with E-state index in [1.165, 1.54) is 0 Å². The molecule has 4 heterocycles. The molecule has 6 nitrogen and oxygen atoms in total. The molecular formula is C27H34F3N5O. The van der Waals surface area contributed by atoms with Gasteiger partial charge in [0.15, 0.2) is 0 Å². The molecule has 0 spiro atoms. The number of likely N-dealkylation sites (tertiary alicyclic amines) is 1. The number of anilines is 1. The molecule has 36 heavy (non-hydrogen) atoms. The van der Waals surface area contributed by atoms with Crippen molar-refractivity contribution >= 4 is 5.82 Å². The minimum absolute atomic E-state index is 0.0234. The van der Waals surface area contributed by atoms with Gasteiger partial charge in [-0.15, -0.1) is 10.2 Å². The number of nitrogens with zero attached hydrogens (tertiary/aromatic N) is 4. The highest BCUT2D eigenvalue weighted by atomic mass is 19.4. The van der Waals surface area contributed by atoms with E-state index in [-0.39, 0.29) is 23.4 Å². The Balaban J connectivity index is 1.09. The van der Waals surface area contributed by atoms with Gasteiger partial charge in [-0.2, -0.15) is 13.2 Å². The van der Waals surface area contributed by atoms with Crippen molar-refractivity contribution in [3.63, 3.8) is 0 Å². The van der Waals surface area contributed by atoms with E-state index in [4.69, 9.17) is 4.74 Å². The molecule has 0 aromatic carbocycles. The van der Waals surface area contributed by atoms with Crippen LogP contribution in [0.2, 0.25) is 0 Å². The number of hydrogen-bond acceptors (Lipinski definition) is 6. The second-order valence-electron chi connectivity index (χ2n) is 10.9. The Morgan fingerprint density at radius 2 is 1.92 bits per heavy atom. The number of nitrogens with one attached hydrogen (secondary N) is 1. The van der Waals surface area contributed by atoms with E-state index in [0.717, 1.165) is 82.9 Å². The number of halogens is 3. The summed E-state index contributed by atoms with van der Waals surface area (Å²) in [5, 5.41) is 11.6. The SMILES string of the molecule is [2H]C([2H])(N1CC2CC(Nc3ccc(-c4cnccc4C(F)(F)F)nn3)CC2C1)[C@@]12CCCCC[C@H]1OCC2. The maximum atomic E-state index is 13.4. The molecule has 4 aliphatic rings. The lowest BCUT2D eigenvalue weighted by Gasteiger charge is -2.37. The first-order valence-electron chi connectivity index (χ1n) is 14.2. The van der Waals surface area contributed by atoms with Crippen LogP contribution in [0.1, 0.15) is 59.7 Å². The van der Waals surface area contributed by atoms with Crippen molar-refractivity contribution in [2.24, 2.45) is 17.3 Å². The largest absolute Gasteiger partial charge is 0.417 e. The van der Waals surface area contributed by atoms with Crippen molar-refractivity contribution in [1.29, 1.82) is 0 Å². The standard InChI is InChI=1S/C27H34F3N5O/c28-27(29,30)22-7-10-31-14-21(22)23-5-6-25(34-33-23)32-20-12-18-15-35(16-19(18)13-20)17-26-8-3-1-2-4-24(26)36-11-9-26/h5-7,10,14,18-20,24H,1-4,8-9,11-13,15-17H2,(H,32,34)/t18?,19?,20?,24-,26+/m1/s1/i17D2. The lowest BCUT2D eigenvalue weighted by molar-refractivity contribution is -0.137. The van der Waals surface area contributed by atoms with Gasteiger partial charge in [0.2, 0.25) is 0 Å². The molecule has 2 unspecified atom stereocenters. The summed E-state index contributed by atoms with van der Waals surface area (Å²) in [5.74, 6) is 1.34. The van der Waals surface area contributed by atoms with Crippen LogP contribution in [0.3, 0.4) is 0 Å².